The van der Waals surface area contributed by atoms with E-state index in [-0.39, 0.29) is 54.6 Å². The summed E-state index contributed by atoms with van der Waals surface area (Å²) in [7, 11) is -0.981. The highest BCUT2D eigenvalue weighted by molar-refractivity contribution is 6.91. The van der Waals surface area contributed by atoms with Crippen LogP contribution in [0.5, 0.6) is 5.75 Å². The van der Waals surface area contributed by atoms with Crippen molar-refractivity contribution in [3.8, 4) is 5.75 Å². The number of ether oxygens (including phenoxy) is 2. The predicted octanol–water partition coefficient (Wildman–Crippen LogP) is 6.04. The van der Waals surface area contributed by atoms with Gasteiger partial charge in [0.15, 0.2) is 5.60 Å². The first kappa shape index (κ1) is 38.7. The van der Waals surface area contributed by atoms with Crippen molar-refractivity contribution in [3.05, 3.63) is 88.0 Å². The number of likely N-dealkylation sites (tertiary alicyclic amines) is 1. The van der Waals surface area contributed by atoms with Crippen molar-refractivity contribution in [1.29, 1.82) is 0 Å². The number of hydrogen-bond donors (Lipinski definition) is 1. The van der Waals surface area contributed by atoms with Crippen LogP contribution in [0.25, 0.3) is 0 Å². The van der Waals surface area contributed by atoms with E-state index in [4.69, 9.17) is 9.47 Å². The quantitative estimate of drug-likeness (QED) is 0.150. The first-order chi connectivity index (χ1) is 26.4. The number of aliphatic hydroxyl groups is 1. The van der Waals surface area contributed by atoms with E-state index in [0.717, 1.165) is 60.7 Å². The molecule has 5 atom stereocenters. The summed E-state index contributed by atoms with van der Waals surface area (Å²) < 4.78 is 12.6. The molecule has 7 rings (SSSR count). The smallest absolute Gasteiger partial charge is 0.269 e. The van der Waals surface area contributed by atoms with Gasteiger partial charge in [-0.25, -0.2) is 0 Å². The molecule has 3 amide bonds. The Balaban J connectivity index is 1.30. The lowest BCUT2D eigenvalue weighted by atomic mass is 9.82. The summed E-state index contributed by atoms with van der Waals surface area (Å²) in [6, 6.07) is 19.9. The summed E-state index contributed by atoms with van der Waals surface area (Å²) in [5.74, 6) is -0.110. The molecule has 1 N–H and O–H groups in total. The predicted molar refractivity (Wildman–Crippen MR) is 212 cm³/mol. The monoisotopic (exact) mass is 768 g/mol. The number of aliphatic hydroxyl groups excluding tert-OH is 1. The third-order valence-electron chi connectivity index (χ3n) is 12.7. The first-order valence-corrected chi connectivity index (χ1v) is 22.7. The van der Waals surface area contributed by atoms with E-state index in [9.17, 15) is 24.8 Å². The molecule has 13 heteroatoms. The van der Waals surface area contributed by atoms with Gasteiger partial charge in [0.1, 0.15) is 5.75 Å². The van der Waals surface area contributed by atoms with Crippen LogP contribution in [0.3, 0.4) is 0 Å². The molecule has 4 aliphatic rings. The third kappa shape index (κ3) is 6.95. The highest BCUT2D eigenvalue weighted by atomic mass is 28.3. The molecule has 0 saturated carbocycles. The number of nitrogens with zero attached hydrogens (tertiary/aromatic N) is 4. The van der Waals surface area contributed by atoms with Crippen molar-refractivity contribution >= 4 is 48.0 Å². The van der Waals surface area contributed by atoms with E-state index in [1.54, 1.807) is 23.0 Å². The Hall–Kier alpha value is -4.59. The van der Waals surface area contributed by atoms with Gasteiger partial charge < -0.3 is 29.3 Å². The average Bonchev–Trinajstić information content (AvgIpc) is 3.83. The molecule has 3 aromatic carbocycles. The summed E-state index contributed by atoms with van der Waals surface area (Å²) in [5, 5.41) is 23.4. The van der Waals surface area contributed by atoms with Crippen LogP contribution in [0.1, 0.15) is 69.4 Å². The van der Waals surface area contributed by atoms with Gasteiger partial charge in [-0.15, -0.1) is 0 Å². The Bertz CT molecular complexity index is 1960. The maximum atomic E-state index is 15.3. The summed E-state index contributed by atoms with van der Waals surface area (Å²) in [5.41, 5.74) is 0.574. The Morgan fingerprint density at radius 3 is 2.51 bits per heavy atom. The summed E-state index contributed by atoms with van der Waals surface area (Å²) in [4.78, 5) is 59.6. The molecule has 3 aromatic rings. The SMILES string of the molecule is COc1ccc([Si](C)(C)[C@@H]2[C@@H](CC(=O)N3CCC[C@H]3CO)O[C@]3(C(=O)N(Cc4cccc(N5CCCCCCC5=O)c4)c4ccc([N+](=O)[O-])cc43)[C@H]2C)cc1. The van der Waals surface area contributed by atoms with Crippen molar-refractivity contribution in [2.45, 2.75) is 101 Å². The first-order valence-electron chi connectivity index (χ1n) is 19.6. The van der Waals surface area contributed by atoms with Crippen molar-refractivity contribution in [2.75, 3.05) is 36.6 Å². The number of nitro benzene ring substituents is 1. The van der Waals surface area contributed by atoms with Gasteiger partial charge in [0.2, 0.25) is 11.8 Å². The third-order valence-corrected chi connectivity index (χ3v) is 17.1. The van der Waals surface area contributed by atoms with Gasteiger partial charge in [-0.1, -0.05) is 62.3 Å². The zero-order valence-corrected chi connectivity index (χ0v) is 33.2. The van der Waals surface area contributed by atoms with Gasteiger partial charge in [-0.3, -0.25) is 24.5 Å². The van der Waals surface area contributed by atoms with E-state index >= 15 is 4.79 Å². The molecule has 3 saturated heterocycles. The topological polar surface area (TPSA) is 143 Å². The molecular weight excluding hydrogens is 717 g/mol. The van der Waals surface area contributed by atoms with Crippen LogP contribution in [0.4, 0.5) is 17.1 Å². The van der Waals surface area contributed by atoms with Crippen molar-refractivity contribution in [3.63, 3.8) is 0 Å². The number of methoxy groups -OCH3 is 1. The fourth-order valence-corrected chi connectivity index (χ4v) is 13.9. The number of carbonyl (C=O) groups excluding carboxylic acids is 3. The molecule has 0 radical (unpaired) electrons. The molecule has 4 heterocycles. The molecule has 0 bridgehead atoms. The lowest BCUT2D eigenvalue weighted by molar-refractivity contribution is -0.385. The fraction of sp³-hybridized carbons (Fsp3) is 0.500. The van der Waals surface area contributed by atoms with Gasteiger partial charge in [0.05, 0.1) is 57.5 Å². The van der Waals surface area contributed by atoms with Crippen LogP contribution in [0, 0.1) is 16.0 Å². The second-order valence-corrected chi connectivity index (χ2v) is 20.8. The van der Waals surface area contributed by atoms with Gasteiger partial charge >= 0.3 is 0 Å². The van der Waals surface area contributed by atoms with Crippen LogP contribution >= 0.6 is 0 Å². The van der Waals surface area contributed by atoms with Crippen LogP contribution in [0.15, 0.2) is 66.7 Å². The van der Waals surface area contributed by atoms with Gasteiger partial charge in [-0.05, 0) is 67.1 Å². The molecule has 55 heavy (non-hydrogen) atoms. The van der Waals surface area contributed by atoms with E-state index in [2.05, 4.69) is 25.2 Å². The number of rotatable bonds is 10. The minimum Gasteiger partial charge on any atom is -0.497 e. The molecule has 4 aliphatic heterocycles. The number of nitro groups is 1. The van der Waals surface area contributed by atoms with Crippen LogP contribution in [-0.4, -0.2) is 79.7 Å². The minimum atomic E-state index is -2.60. The van der Waals surface area contributed by atoms with Crippen LogP contribution in [0.2, 0.25) is 18.6 Å². The van der Waals surface area contributed by atoms with E-state index in [1.807, 2.05) is 48.2 Å². The summed E-state index contributed by atoms with van der Waals surface area (Å²) in [6.45, 7) is 7.68. The number of carbonyl (C=O) groups is 3. The van der Waals surface area contributed by atoms with Gasteiger partial charge in [-0.2, -0.15) is 0 Å². The molecule has 12 nitrogen and oxygen atoms in total. The maximum Gasteiger partial charge on any atom is 0.269 e. The minimum absolute atomic E-state index is 0.0172. The van der Waals surface area contributed by atoms with E-state index in [1.165, 1.54) is 12.1 Å². The number of anilines is 2. The lowest BCUT2D eigenvalue weighted by Crippen LogP contribution is -2.52. The number of fused-ring (bicyclic) bond motifs is 2. The number of amides is 3. The van der Waals surface area contributed by atoms with E-state index < -0.39 is 30.6 Å². The highest BCUT2D eigenvalue weighted by Crippen LogP contribution is 2.60. The summed E-state index contributed by atoms with van der Waals surface area (Å²) in [6.07, 6.45) is 5.27. The highest BCUT2D eigenvalue weighted by Gasteiger charge is 2.67. The standard InChI is InChI=1S/C42H52N4O8Si/c1-28-40(55(3,4)34-18-16-33(53-2)17-19-34)37(25-39(49)44-22-10-13-32(44)27-47)54-42(28)35-24-31(46(51)52)15-20-36(35)45(41(42)50)26-29-11-9-12-30(23-29)43-21-8-6-5-7-14-38(43)48/h9,11-12,15-20,23-24,28,32,37,40,47H,5-8,10,13-14,21-22,25-27H2,1-4H3/t28-,32-,37+,40-,42+/m0/s1. The van der Waals surface area contributed by atoms with Crippen molar-refractivity contribution in [1.82, 2.24) is 4.90 Å². The molecular formula is C42H52N4O8Si. The van der Waals surface area contributed by atoms with E-state index in [0.29, 0.717) is 30.8 Å². The summed E-state index contributed by atoms with van der Waals surface area (Å²) >= 11 is 0. The molecule has 292 valence electrons. The molecule has 1 spiro atoms. The van der Waals surface area contributed by atoms with Gasteiger partial charge in [0.25, 0.3) is 11.6 Å². The Morgan fingerprint density at radius 2 is 1.78 bits per heavy atom. The van der Waals surface area contributed by atoms with Crippen molar-refractivity contribution < 1.29 is 33.9 Å². The number of non-ortho nitro benzene ring substituents is 1. The van der Waals surface area contributed by atoms with Crippen LogP contribution in [-0.2, 0) is 31.3 Å². The molecule has 0 unspecified atom stereocenters. The lowest BCUT2D eigenvalue weighted by Gasteiger charge is -2.37. The van der Waals surface area contributed by atoms with Gasteiger partial charge in [0, 0.05) is 48.8 Å². The molecule has 0 aliphatic carbocycles. The van der Waals surface area contributed by atoms with Crippen molar-refractivity contribution in [2.24, 2.45) is 5.92 Å². The molecule has 3 fully saturated rings. The Kier molecular flexibility index (Phi) is 10.9. The maximum absolute atomic E-state index is 15.3. The van der Waals surface area contributed by atoms with Crippen LogP contribution < -0.4 is 19.7 Å². The normalized spacial score (nSPS) is 25.7. The Morgan fingerprint density at radius 1 is 1.02 bits per heavy atom. The Labute approximate surface area is 323 Å². The molecule has 0 aromatic heterocycles. The average molecular weight is 769 g/mol. The second kappa shape index (κ2) is 15.5. The largest absolute Gasteiger partial charge is 0.497 e. The number of benzene rings is 3. The second-order valence-electron chi connectivity index (χ2n) is 16.2. The zero-order valence-electron chi connectivity index (χ0n) is 32.2. The number of hydrogen-bond acceptors (Lipinski definition) is 8. The fourth-order valence-electron chi connectivity index (χ4n) is 9.85. The zero-order chi connectivity index (χ0) is 39.1.